The van der Waals surface area contributed by atoms with E-state index in [2.05, 4.69) is 10.0 Å². The fourth-order valence-corrected chi connectivity index (χ4v) is 3.81. The average Bonchev–Trinajstić information content (AvgIpc) is 3.03. The summed E-state index contributed by atoms with van der Waals surface area (Å²) in [6, 6.07) is 6.06. The van der Waals surface area contributed by atoms with Gasteiger partial charge < -0.3 is 15.0 Å². The van der Waals surface area contributed by atoms with E-state index in [0.717, 1.165) is 26.1 Å². The van der Waals surface area contributed by atoms with Crippen molar-refractivity contribution < 1.29 is 17.9 Å². The summed E-state index contributed by atoms with van der Waals surface area (Å²) in [6.07, 6.45) is 0.989. The van der Waals surface area contributed by atoms with Crippen molar-refractivity contribution in [2.24, 2.45) is 5.92 Å². The molecular formula is C16H25N3O4S. The summed E-state index contributed by atoms with van der Waals surface area (Å²) in [5.74, 6) is 0.425. The molecular weight excluding hydrogens is 330 g/mol. The summed E-state index contributed by atoms with van der Waals surface area (Å²) in [5, 5.41) is 3.13. The first-order chi connectivity index (χ1) is 11.5. The molecule has 2 rings (SSSR count). The topological polar surface area (TPSA) is 87.7 Å². The number of hydrogen-bond acceptors (Lipinski definition) is 5. The zero-order valence-corrected chi connectivity index (χ0v) is 14.9. The minimum absolute atomic E-state index is 0.0510. The molecule has 1 atom stereocenters. The number of ether oxygens (including phenoxy) is 1. The Morgan fingerprint density at radius 1 is 1.33 bits per heavy atom. The maximum absolute atomic E-state index is 12.5. The molecule has 0 radical (unpaired) electrons. The summed E-state index contributed by atoms with van der Waals surface area (Å²) in [7, 11) is -0.158. The minimum Gasteiger partial charge on any atom is -0.383 e. The molecule has 0 aromatic heterocycles. The lowest BCUT2D eigenvalue weighted by Crippen LogP contribution is -2.30. The fraction of sp³-hybridized carbons (Fsp3) is 0.562. The van der Waals surface area contributed by atoms with Gasteiger partial charge in [0.25, 0.3) is 5.91 Å². The van der Waals surface area contributed by atoms with Crippen LogP contribution in [0, 0.1) is 5.92 Å². The molecule has 1 amide bonds. The Labute approximate surface area is 143 Å². The second kappa shape index (κ2) is 8.57. The van der Waals surface area contributed by atoms with Crippen LogP contribution in [0.4, 0.5) is 0 Å². The van der Waals surface area contributed by atoms with Crippen molar-refractivity contribution >= 4 is 15.9 Å². The molecule has 2 N–H and O–H groups in total. The van der Waals surface area contributed by atoms with Crippen LogP contribution in [0.5, 0.6) is 0 Å². The van der Waals surface area contributed by atoms with E-state index in [1.807, 2.05) is 11.9 Å². The molecule has 134 valence electrons. The highest BCUT2D eigenvalue weighted by molar-refractivity contribution is 7.89. The van der Waals surface area contributed by atoms with Crippen molar-refractivity contribution in [3.8, 4) is 0 Å². The normalized spacial score (nSPS) is 18.1. The predicted octanol–water partition coefficient (Wildman–Crippen LogP) is 0.293. The van der Waals surface area contributed by atoms with Crippen LogP contribution >= 0.6 is 0 Å². The summed E-state index contributed by atoms with van der Waals surface area (Å²) in [6.45, 7) is 2.88. The van der Waals surface area contributed by atoms with Gasteiger partial charge in [-0.15, -0.1) is 0 Å². The van der Waals surface area contributed by atoms with Crippen LogP contribution < -0.4 is 10.0 Å². The summed E-state index contributed by atoms with van der Waals surface area (Å²) in [5.41, 5.74) is 0.510. The molecule has 1 aromatic carbocycles. The van der Waals surface area contributed by atoms with Gasteiger partial charge in [0.2, 0.25) is 10.0 Å². The highest BCUT2D eigenvalue weighted by Crippen LogP contribution is 2.19. The van der Waals surface area contributed by atoms with Gasteiger partial charge in [-0.2, -0.15) is 0 Å². The molecule has 0 aliphatic carbocycles. The zero-order valence-electron chi connectivity index (χ0n) is 14.1. The number of nitrogens with zero attached hydrogens (tertiary/aromatic N) is 1. The lowest BCUT2D eigenvalue weighted by atomic mass is 10.1. The molecule has 1 aliphatic heterocycles. The number of carbonyl (C=O) groups is 1. The molecule has 1 fully saturated rings. The van der Waals surface area contributed by atoms with Gasteiger partial charge in [-0.05, 0) is 50.2 Å². The highest BCUT2D eigenvalue weighted by Gasteiger charge is 2.26. The third-order valence-electron chi connectivity index (χ3n) is 4.08. The Hall–Kier alpha value is -1.48. The summed E-state index contributed by atoms with van der Waals surface area (Å²) < 4.78 is 31.5. The quantitative estimate of drug-likeness (QED) is 0.655. The summed E-state index contributed by atoms with van der Waals surface area (Å²) in [4.78, 5) is 14.5. The third kappa shape index (κ3) is 4.76. The van der Waals surface area contributed by atoms with Crippen LogP contribution in [-0.4, -0.2) is 66.2 Å². The van der Waals surface area contributed by atoms with Crippen molar-refractivity contribution in [1.82, 2.24) is 14.9 Å². The standard InChI is InChI=1S/C16H25N3O4S/c1-17-11-13-7-9-19(12-13)16(20)14-3-5-15(6-4-14)24(21,22)18-8-10-23-2/h3-6,13,17-18H,7-12H2,1-2H3. The lowest BCUT2D eigenvalue weighted by Gasteiger charge is -2.17. The Balaban J connectivity index is 2.00. The van der Waals surface area contributed by atoms with Crippen LogP contribution in [0.15, 0.2) is 29.2 Å². The van der Waals surface area contributed by atoms with Gasteiger partial charge in [0.1, 0.15) is 0 Å². The van der Waals surface area contributed by atoms with Gasteiger partial charge in [0.15, 0.2) is 0 Å². The van der Waals surface area contributed by atoms with Crippen LogP contribution in [0.25, 0.3) is 0 Å². The number of rotatable bonds is 8. The number of benzene rings is 1. The lowest BCUT2D eigenvalue weighted by molar-refractivity contribution is 0.0787. The van der Waals surface area contributed by atoms with Crippen LogP contribution in [0.1, 0.15) is 16.8 Å². The van der Waals surface area contributed by atoms with Crippen LogP contribution in [0.3, 0.4) is 0 Å². The highest BCUT2D eigenvalue weighted by atomic mass is 32.2. The second-order valence-electron chi connectivity index (χ2n) is 5.88. The molecule has 1 saturated heterocycles. The summed E-state index contributed by atoms with van der Waals surface area (Å²) >= 11 is 0. The number of hydrogen-bond donors (Lipinski definition) is 2. The number of likely N-dealkylation sites (tertiary alicyclic amines) is 1. The molecule has 8 heteroatoms. The monoisotopic (exact) mass is 355 g/mol. The zero-order chi connectivity index (χ0) is 17.6. The van der Waals surface area contributed by atoms with Crippen molar-refractivity contribution in [1.29, 1.82) is 0 Å². The Bertz CT molecular complexity index is 646. The largest absolute Gasteiger partial charge is 0.383 e. The van der Waals surface area contributed by atoms with Crippen LogP contribution in [0.2, 0.25) is 0 Å². The van der Waals surface area contributed by atoms with Crippen molar-refractivity contribution in [2.75, 3.05) is 46.9 Å². The molecule has 0 saturated carbocycles. The number of nitrogens with one attached hydrogen (secondary N) is 2. The first kappa shape index (κ1) is 18.9. The second-order valence-corrected chi connectivity index (χ2v) is 7.65. The Morgan fingerprint density at radius 3 is 2.67 bits per heavy atom. The van der Waals surface area contributed by atoms with E-state index in [1.54, 1.807) is 12.1 Å². The molecule has 0 bridgehead atoms. The van der Waals surface area contributed by atoms with Gasteiger partial charge >= 0.3 is 0 Å². The molecule has 1 unspecified atom stereocenters. The third-order valence-corrected chi connectivity index (χ3v) is 5.55. The first-order valence-electron chi connectivity index (χ1n) is 8.00. The van der Waals surface area contributed by atoms with E-state index < -0.39 is 10.0 Å². The number of methoxy groups -OCH3 is 1. The average molecular weight is 355 g/mol. The van der Waals surface area contributed by atoms with E-state index in [4.69, 9.17) is 4.74 Å². The Morgan fingerprint density at radius 2 is 2.04 bits per heavy atom. The maximum Gasteiger partial charge on any atom is 0.253 e. The van der Waals surface area contributed by atoms with Crippen molar-refractivity contribution in [3.63, 3.8) is 0 Å². The van der Waals surface area contributed by atoms with Gasteiger partial charge in [-0.3, -0.25) is 4.79 Å². The van der Waals surface area contributed by atoms with Crippen molar-refractivity contribution in [2.45, 2.75) is 11.3 Å². The number of sulfonamides is 1. The Kier molecular flexibility index (Phi) is 6.73. The van der Waals surface area contributed by atoms with E-state index in [1.165, 1.54) is 19.2 Å². The molecule has 1 heterocycles. The van der Waals surface area contributed by atoms with E-state index >= 15 is 0 Å². The fourth-order valence-electron chi connectivity index (χ4n) is 2.79. The van der Waals surface area contributed by atoms with E-state index in [9.17, 15) is 13.2 Å². The molecule has 0 spiro atoms. The van der Waals surface area contributed by atoms with E-state index in [0.29, 0.717) is 18.1 Å². The minimum atomic E-state index is -3.57. The molecule has 7 nitrogen and oxygen atoms in total. The van der Waals surface area contributed by atoms with E-state index in [-0.39, 0.29) is 17.3 Å². The SMILES string of the molecule is CNCC1CCN(C(=O)c2ccc(S(=O)(=O)NCCOC)cc2)C1. The van der Waals surface area contributed by atoms with Gasteiger partial charge in [-0.25, -0.2) is 13.1 Å². The molecule has 1 aliphatic rings. The predicted molar refractivity (Wildman–Crippen MR) is 91.4 cm³/mol. The van der Waals surface area contributed by atoms with Crippen molar-refractivity contribution in [3.05, 3.63) is 29.8 Å². The van der Waals surface area contributed by atoms with Gasteiger partial charge in [-0.1, -0.05) is 0 Å². The number of amides is 1. The molecule has 24 heavy (non-hydrogen) atoms. The number of carbonyl (C=O) groups excluding carboxylic acids is 1. The van der Waals surface area contributed by atoms with Gasteiger partial charge in [0, 0.05) is 32.3 Å². The smallest absolute Gasteiger partial charge is 0.253 e. The molecule has 1 aromatic rings. The van der Waals surface area contributed by atoms with Crippen LogP contribution in [-0.2, 0) is 14.8 Å². The maximum atomic E-state index is 12.5. The first-order valence-corrected chi connectivity index (χ1v) is 9.49. The van der Waals surface area contributed by atoms with Gasteiger partial charge in [0.05, 0.1) is 11.5 Å².